The third-order valence-corrected chi connectivity index (χ3v) is 6.22. The van der Waals surface area contributed by atoms with Crippen LogP contribution in [0.1, 0.15) is 33.6 Å². The molecule has 0 amide bonds. The summed E-state index contributed by atoms with van der Waals surface area (Å²) in [6.07, 6.45) is 0. The smallest absolute Gasteiger partial charge is 0.131 e. The van der Waals surface area contributed by atoms with Crippen LogP contribution in [0.15, 0.2) is 24.3 Å². The number of aliphatic hydroxyl groups excluding tert-OH is 1. The van der Waals surface area contributed by atoms with E-state index in [1.807, 2.05) is 19.9 Å². The van der Waals surface area contributed by atoms with E-state index in [0.29, 0.717) is 5.69 Å². The Bertz CT molecular complexity index is 1340. The number of aromatic nitrogens is 2. The lowest BCUT2D eigenvalue weighted by Crippen LogP contribution is -2.01. The molecule has 0 unspecified atom stereocenters. The molecule has 0 aliphatic rings. The van der Waals surface area contributed by atoms with Crippen molar-refractivity contribution in [2.75, 3.05) is 14.2 Å². The first kappa shape index (κ1) is 21.1. The monoisotopic (exact) mass is 416 g/mol. The van der Waals surface area contributed by atoms with Crippen molar-refractivity contribution in [1.82, 2.24) is 9.97 Å². The second kappa shape index (κ2) is 7.82. The third-order valence-electron chi connectivity index (χ3n) is 6.22. The highest BCUT2D eigenvalue weighted by Gasteiger charge is 2.19. The van der Waals surface area contributed by atoms with E-state index in [-0.39, 0.29) is 6.61 Å². The lowest BCUT2D eigenvalue weighted by atomic mass is 9.96. The molecule has 2 heterocycles. The molecule has 31 heavy (non-hydrogen) atoms. The van der Waals surface area contributed by atoms with Crippen LogP contribution >= 0.6 is 0 Å². The third kappa shape index (κ3) is 3.29. The predicted molar refractivity (Wildman–Crippen MR) is 125 cm³/mol. The zero-order chi connectivity index (χ0) is 22.4. The fraction of sp³-hybridized carbons (Fsp3) is 0.308. The van der Waals surface area contributed by atoms with Crippen LogP contribution in [-0.4, -0.2) is 29.3 Å². The maximum Gasteiger partial charge on any atom is 0.131 e. The molecular weight excluding hydrogens is 388 g/mol. The summed E-state index contributed by atoms with van der Waals surface area (Å²) >= 11 is 0. The summed E-state index contributed by atoms with van der Waals surface area (Å²) in [4.78, 5) is 9.69. The predicted octanol–water partition coefficient (Wildman–Crippen LogP) is 5.50. The van der Waals surface area contributed by atoms with Crippen molar-refractivity contribution < 1.29 is 14.6 Å². The minimum absolute atomic E-state index is 0.155. The summed E-state index contributed by atoms with van der Waals surface area (Å²) < 4.78 is 11.5. The Labute approximate surface area is 182 Å². The van der Waals surface area contributed by atoms with Crippen LogP contribution < -0.4 is 9.47 Å². The molecular formula is C26H28N2O3. The van der Waals surface area contributed by atoms with Crippen LogP contribution in [0.5, 0.6) is 11.5 Å². The van der Waals surface area contributed by atoms with Crippen molar-refractivity contribution in [3.05, 3.63) is 57.9 Å². The Morgan fingerprint density at radius 2 is 1.42 bits per heavy atom. The van der Waals surface area contributed by atoms with E-state index in [9.17, 15) is 5.11 Å². The SMILES string of the molecule is COc1c(C)c(C)cc2c(-c3cc4cc(C)c(C)c(OC)c4c(C)n3)nc(CO)cc12. The van der Waals surface area contributed by atoms with E-state index in [0.717, 1.165) is 72.4 Å². The van der Waals surface area contributed by atoms with Gasteiger partial charge in [0.2, 0.25) is 0 Å². The molecule has 0 radical (unpaired) electrons. The molecule has 0 aliphatic heterocycles. The van der Waals surface area contributed by atoms with Gasteiger partial charge < -0.3 is 14.6 Å². The zero-order valence-electron chi connectivity index (χ0n) is 19.2. The topological polar surface area (TPSA) is 64.5 Å². The van der Waals surface area contributed by atoms with E-state index >= 15 is 0 Å². The van der Waals surface area contributed by atoms with Crippen molar-refractivity contribution in [2.24, 2.45) is 0 Å². The molecule has 160 valence electrons. The van der Waals surface area contributed by atoms with Gasteiger partial charge in [0.15, 0.2) is 0 Å². The first-order valence-electron chi connectivity index (χ1n) is 10.3. The van der Waals surface area contributed by atoms with Crippen molar-refractivity contribution in [1.29, 1.82) is 0 Å². The summed E-state index contributed by atoms with van der Waals surface area (Å²) in [5.41, 5.74) is 7.45. The van der Waals surface area contributed by atoms with Gasteiger partial charge in [0.1, 0.15) is 11.5 Å². The number of ether oxygens (including phenoxy) is 2. The van der Waals surface area contributed by atoms with Crippen molar-refractivity contribution in [3.8, 4) is 22.9 Å². The molecule has 0 saturated carbocycles. The van der Waals surface area contributed by atoms with Crippen molar-refractivity contribution in [3.63, 3.8) is 0 Å². The number of fused-ring (bicyclic) bond motifs is 2. The number of aryl methyl sites for hydroxylation is 3. The van der Waals surface area contributed by atoms with Crippen LogP contribution in [0, 0.1) is 34.6 Å². The second-order valence-electron chi connectivity index (χ2n) is 8.11. The number of pyridine rings is 2. The Balaban J connectivity index is 2.12. The molecule has 4 rings (SSSR count). The fourth-order valence-corrected chi connectivity index (χ4v) is 4.38. The van der Waals surface area contributed by atoms with E-state index in [2.05, 4.69) is 39.0 Å². The van der Waals surface area contributed by atoms with E-state index in [1.54, 1.807) is 14.2 Å². The highest BCUT2D eigenvalue weighted by molar-refractivity contribution is 6.01. The van der Waals surface area contributed by atoms with Gasteiger partial charge in [0, 0.05) is 21.9 Å². The normalized spacial score (nSPS) is 11.4. The molecule has 5 heteroatoms. The van der Waals surface area contributed by atoms with Crippen LogP contribution in [0.4, 0.5) is 0 Å². The number of methoxy groups -OCH3 is 2. The van der Waals surface area contributed by atoms with Crippen LogP contribution in [0.3, 0.4) is 0 Å². The summed E-state index contributed by atoms with van der Waals surface area (Å²) in [7, 11) is 3.38. The highest BCUT2D eigenvalue weighted by Crippen LogP contribution is 2.39. The zero-order valence-corrected chi connectivity index (χ0v) is 19.2. The highest BCUT2D eigenvalue weighted by atomic mass is 16.5. The Kier molecular flexibility index (Phi) is 5.31. The van der Waals surface area contributed by atoms with E-state index in [4.69, 9.17) is 19.4 Å². The lowest BCUT2D eigenvalue weighted by Gasteiger charge is -2.17. The van der Waals surface area contributed by atoms with Gasteiger partial charge in [-0.2, -0.15) is 0 Å². The summed E-state index contributed by atoms with van der Waals surface area (Å²) in [5, 5.41) is 13.8. The fourth-order valence-electron chi connectivity index (χ4n) is 4.38. The van der Waals surface area contributed by atoms with Gasteiger partial charge in [-0.15, -0.1) is 0 Å². The first-order chi connectivity index (χ1) is 14.8. The molecule has 0 spiro atoms. The largest absolute Gasteiger partial charge is 0.496 e. The molecule has 0 atom stereocenters. The van der Waals surface area contributed by atoms with Gasteiger partial charge in [-0.05, 0) is 80.5 Å². The number of hydrogen-bond acceptors (Lipinski definition) is 5. The van der Waals surface area contributed by atoms with Gasteiger partial charge in [0.25, 0.3) is 0 Å². The summed E-state index contributed by atoms with van der Waals surface area (Å²) in [5.74, 6) is 1.67. The minimum atomic E-state index is -0.155. The van der Waals surface area contributed by atoms with E-state index < -0.39 is 0 Å². The van der Waals surface area contributed by atoms with Gasteiger partial charge in [0.05, 0.1) is 37.9 Å². The summed E-state index contributed by atoms with van der Waals surface area (Å²) in [6, 6.07) is 8.24. The number of hydrogen-bond donors (Lipinski definition) is 1. The van der Waals surface area contributed by atoms with Crippen molar-refractivity contribution >= 4 is 21.5 Å². The number of benzene rings is 2. The van der Waals surface area contributed by atoms with Gasteiger partial charge in [-0.3, -0.25) is 4.98 Å². The maximum absolute atomic E-state index is 9.88. The van der Waals surface area contributed by atoms with Gasteiger partial charge in [-0.25, -0.2) is 4.98 Å². The lowest BCUT2D eigenvalue weighted by molar-refractivity contribution is 0.277. The summed E-state index contributed by atoms with van der Waals surface area (Å²) in [6.45, 7) is 10.1. The minimum Gasteiger partial charge on any atom is -0.496 e. The number of aliphatic hydroxyl groups is 1. The molecule has 4 aromatic rings. The quantitative estimate of drug-likeness (QED) is 0.476. The Hall–Kier alpha value is -3.18. The average molecular weight is 417 g/mol. The molecule has 0 aliphatic carbocycles. The average Bonchev–Trinajstić information content (AvgIpc) is 2.75. The van der Waals surface area contributed by atoms with Gasteiger partial charge >= 0.3 is 0 Å². The first-order valence-corrected chi connectivity index (χ1v) is 10.3. The van der Waals surface area contributed by atoms with Crippen LogP contribution in [-0.2, 0) is 6.61 Å². The van der Waals surface area contributed by atoms with Gasteiger partial charge in [-0.1, -0.05) is 6.07 Å². The van der Waals surface area contributed by atoms with Crippen molar-refractivity contribution in [2.45, 2.75) is 41.2 Å². The maximum atomic E-state index is 9.88. The molecule has 0 saturated heterocycles. The Morgan fingerprint density at radius 3 is 2.06 bits per heavy atom. The molecule has 2 aromatic heterocycles. The number of rotatable bonds is 4. The molecule has 1 N–H and O–H groups in total. The number of nitrogens with zero attached hydrogens (tertiary/aromatic N) is 2. The van der Waals surface area contributed by atoms with Crippen LogP contribution in [0.25, 0.3) is 32.9 Å². The Morgan fingerprint density at radius 1 is 0.774 bits per heavy atom. The van der Waals surface area contributed by atoms with E-state index in [1.165, 1.54) is 0 Å². The molecule has 2 aromatic carbocycles. The molecule has 0 fully saturated rings. The standard InChI is InChI=1S/C26H28N2O3/c1-13-8-18-10-22(27-17(5)23(18)26(31-7)16(13)4)24-20-9-14(2)15(3)25(30-6)21(20)11-19(12-29)28-24/h8-11,29H,12H2,1-7H3. The van der Waals surface area contributed by atoms with Crippen LogP contribution in [0.2, 0.25) is 0 Å². The second-order valence-corrected chi connectivity index (χ2v) is 8.11. The molecule has 0 bridgehead atoms. The molecule has 5 nitrogen and oxygen atoms in total.